The average molecular weight is 296 g/mol. The number of aliphatic hydroxyl groups excluding tert-OH is 1. The lowest BCUT2D eigenvalue weighted by Gasteiger charge is -2.05. The first-order valence-electron chi connectivity index (χ1n) is 6.26. The lowest BCUT2D eigenvalue weighted by Crippen LogP contribution is -2.15. The minimum atomic E-state index is -0.375. The van der Waals surface area contributed by atoms with Crippen molar-refractivity contribution >= 4 is 11.6 Å². The van der Waals surface area contributed by atoms with E-state index in [-0.39, 0.29) is 12.1 Å². The van der Waals surface area contributed by atoms with Gasteiger partial charge in [0.25, 0.3) is 0 Å². The number of aliphatic hydroxyl groups is 1. The molecule has 106 valence electrons. The summed E-state index contributed by atoms with van der Waals surface area (Å²) in [5.41, 5.74) is 0.713. The van der Waals surface area contributed by atoms with Crippen molar-refractivity contribution in [3.8, 4) is 17.1 Å². The van der Waals surface area contributed by atoms with Crippen molar-refractivity contribution in [3.05, 3.63) is 29.1 Å². The predicted octanol–water partition coefficient (Wildman–Crippen LogP) is 1.79. The van der Waals surface area contributed by atoms with Gasteiger partial charge < -0.3 is 19.7 Å². The molecule has 7 heteroatoms. The van der Waals surface area contributed by atoms with Gasteiger partial charge in [-0.1, -0.05) is 16.8 Å². The Hall–Kier alpha value is -1.63. The summed E-state index contributed by atoms with van der Waals surface area (Å²) in [5, 5.41) is 17.2. The topological polar surface area (TPSA) is 80.4 Å². The van der Waals surface area contributed by atoms with Crippen molar-refractivity contribution in [2.24, 2.45) is 0 Å². The maximum Gasteiger partial charge on any atom is 0.244 e. The molecule has 0 radical (unpaired) electrons. The number of nitrogens with zero attached hydrogens (tertiary/aromatic N) is 2. The van der Waals surface area contributed by atoms with Crippen molar-refractivity contribution < 1.29 is 14.4 Å². The molecule has 0 aliphatic carbocycles. The number of hydrogen-bond acceptors (Lipinski definition) is 6. The molecule has 20 heavy (non-hydrogen) atoms. The van der Waals surface area contributed by atoms with E-state index in [4.69, 9.17) is 20.9 Å². The first kappa shape index (κ1) is 13.4. The van der Waals surface area contributed by atoms with E-state index in [9.17, 15) is 5.11 Å². The fourth-order valence-corrected chi connectivity index (χ4v) is 2.40. The van der Waals surface area contributed by atoms with Crippen molar-refractivity contribution in [2.45, 2.75) is 18.6 Å². The first-order valence-corrected chi connectivity index (χ1v) is 6.64. The zero-order chi connectivity index (χ0) is 14.1. The van der Waals surface area contributed by atoms with E-state index in [2.05, 4.69) is 15.5 Å². The number of hydrogen-bond donors (Lipinski definition) is 2. The predicted molar refractivity (Wildman–Crippen MR) is 72.7 cm³/mol. The van der Waals surface area contributed by atoms with Gasteiger partial charge in [-0.3, -0.25) is 0 Å². The zero-order valence-corrected chi connectivity index (χ0v) is 11.6. The van der Waals surface area contributed by atoms with Gasteiger partial charge in [0, 0.05) is 11.6 Å². The molecule has 2 heterocycles. The molecule has 2 N–H and O–H groups in total. The third-order valence-electron chi connectivity index (χ3n) is 3.25. The van der Waals surface area contributed by atoms with E-state index in [1.165, 1.54) is 0 Å². The van der Waals surface area contributed by atoms with E-state index >= 15 is 0 Å². The molecule has 1 aromatic carbocycles. The Labute approximate surface area is 120 Å². The van der Waals surface area contributed by atoms with E-state index in [1.54, 1.807) is 25.3 Å². The van der Waals surface area contributed by atoms with Crippen LogP contribution in [0.15, 0.2) is 22.7 Å². The highest BCUT2D eigenvalue weighted by atomic mass is 35.5. The lowest BCUT2D eigenvalue weighted by molar-refractivity contribution is 0.191. The van der Waals surface area contributed by atoms with E-state index in [0.717, 1.165) is 0 Å². The molecule has 2 aromatic rings. The molecule has 6 nitrogen and oxygen atoms in total. The number of ether oxygens (including phenoxy) is 1. The highest BCUT2D eigenvalue weighted by Gasteiger charge is 2.28. The highest BCUT2D eigenvalue weighted by Crippen LogP contribution is 2.32. The molecular formula is C13H14ClN3O3. The summed E-state index contributed by atoms with van der Waals surface area (Å²) >= 11 is 5.93. The monoisotopic (exact) mass is 295 g/mol. The standard InChI is InChI=1S/C13H14ClN3O3/c1-19-11-4-7(14)2-3-9(11)12-16-13(20-17-12)10-5-8(18)6-15-10/h2-4,8,10,15,18H,5-6H2,1H3/t8-,10-/m1/s1. The molecule has 1 fully saturated rings. The third kappa shape index (κ3) is 2.49. The second kappa shape index (κ2) is 5.40. The Bertz CT molecular complexity index is 617. The molecule has 0 amide bonds. The van der Waals surface area contributed by atoms with Crippen LogP contribution in [0, 0.1) is 0 Å². The van der Waals surface area contributed by atoms with Crippen molar-refractivity contribution in [1.29, 1.82) is 0 Å². The van der Waals surface area contributed by atoms with Gasteiger partial charge in [-0.25, -0.2) is 0 Å². The minimum absolute atomic E-state index is 0.107. The van der Waals surface area contributed by atoms with Gasteiger partial charge in [-0.2, -0.15) is 4.98 Å². The number of β-amino-alcohol motifs (C(OH)–C–C–N with tert-alkyl or cyclic N) is 1. The second-order valence-electron chi connectivity index (χ2n) is 4.65. The fourth-order valence-electron chi connectivity index (χ4n) is 2.24. The molecule has 2 atom stereocenters. The zero-order valence-electron chi connectivity index (χ0n) is 10.8. The van der Waals surface area contributed by atoms with Crippen LogP contribution in [0.2, 0.25) is 5.02 Å². The highest BCUT2D eigenvalue weighted by molar-refractivity contribution is 6.30. The SMILES string of the molecule is COc1cc(Cl)ccc1-c1noc([C@H]2C[C@@H](O)CN2)n1. The minimum Gasteiger partial charge on any atom is -0.496 e. The summed E-state index contributed by atoms with van der Waals surface area (Å²) in [7, 11) is 1.56. The largest absolute Gasteiger partial charge is 0.496 e. The molecule has 0 bridgehead atoms. The Morgan fingerprint density at radius 2 is 2.35 bits per heavy atom. The van der Waals surface area contributed by atoms with Gasteiger partial charge in [0.15, 0.2) is 0 Å². The van der Waals surface area contributed by atoms with Gasteiger partial charge in [0.1, 0.15) is 5.75 Å². The van der Waals surface area contributed by atoms with E-state index < -0.39 is 0 Å². The molecule has 1 aliphatic heterocycles. The summed E-state index contributed by atoms with van der Waals surface area (Å²) in [6.07, 6.45) is 0.194. The molecule has 0 saturated carbocycles. The maximum absolute atomic E-state index is 9.51. The van der Waals surface area contributed by atoms with Crippen molar-refractivity contribution in [1.82, 2.24) is 15.5 Å². The van der Waals surface area contributed by atoms with Crippen LogP contribution in [-0.4, -0.2) is 35.0 Å². The molecule has 1 aliphatic rings. The van der Waals surface area contributed by atoms with Crippen molar-refractivity contribution in [2.75, 3.05) is 13.7 Å². The molecule has 0 unspecified atom stereocenters. The van der Waals surface area contributed by atoms with Crippen LogP contribution in [0.5, 0.6) is 5.75 Å². The van der Waals surface area contributed by atoms with Gasteiger partial charge in [-0.15, -0.1) is 0 Å². The summed E-state index contributed by atoms with van der Waals surface area (Å²) in [6, 6.07) is 5.12. The van der Waals surface area contributed by atoms with Gasteiger partial charge in [0.05, 0.1) is 24.8 Å². The van der Waals surface area contributed by atoms with Crippen LogP contribution >= 0.6 is 11.6 Å². The lowest BCUT2D eigenvalue weighted by atomic mass is 10.2. The van der Waals surface area contributed by atoms with Crippen LogP contribution in [-0.2, 0) is 0 Å². The number of rotatable bonds is 3. The maximum atomic E-state index is 9.51. The van der Waals surface area contributed by atoms with Gasteiger partial charge in [0.2, 0.25) is 11.7 Å². The number of nitrogens with one attached hydrogen (secondary N) is 1. The molecule has 1 saturated heterocycles. The summed E-state index contributed by atoms with van der Waals surface area (Å²) in [5.74, 6) is 1.49. The van der Waals surface area contributed by atoms with E-state index in [1.807, 2.05) is 0 Å². The van der Waals surface area contributed by atoms with Crippen LogP contribution in [0.1, 0.15) is 18.4 Å². The quantitative estimate of drug-likeness (QED) is 0.898. The van der Waals surface area contributed by atoms with Crippen LogP contribution in [0.3, 0.4) is 0 Å². The Morgan fingerprint density at radius 1 is 1.50 bits per heavy atom. The molecule has 0 spiro atoms. The Kier molecular flexibility index (Phi) is 3.60. The number of benzene rings is 1. The second-order valence-corrected chi connectivity index (χ2v) is 5.09. The summed E-state index contributed by atoms with van der Waals surface area (Å²) in [4.78, 5) is 4.36. The van der Waals surface area contributed by atoms with Gasteiger partial charge in [-0.05, 0) is 24.6 Å². The normalized spacial score (nSPS) is 22.1. The third-order valence-corrected chi connectivity index (χ3v) is 3.49. The smallest absolute Gasteiger partial charge is 0.244 e. The first-order chi connectivity index (χ1) is 9.67. The number of halogens is 1. The molecule has 1 aromatic heterocycles. The number of aromatic nitrogens is 2. The van der Waals surface area contributed by atoms with Crippen LogP contribution in [0.4, 0.5) is 0 Å². The summed E-state index contributed by atoms with van der Waals surface area (Å²) in [6.45, 7) is 0.534. The van der Waals surface area contributed by atoms with E-state index in [0.29, 0.717) is 41.0 Å². The van der Waals surface area contributed by atoms with Crippen LogP contribution in [0.25, 0.3) is 11.4 Å². The van der Waals surface area contributed by atoms with Gasteiger partial charge >= 0.3 is 0 Å². The summed E-state index contributed by atoms with van der Waals surface area (Å²) < 4.78 is 10.5. The van der Waals surface area contributed by atoms with Crippen molar-refractivity contribution in [3.63, 3.8) is 0 Å². The fraction of sp³-hybridized carbons (Fsp3) is 0.385. The van der Waals surface area contributed by atoms with Crippen LogP contribution < -0.4 is 10.1 Å². The molecular weight excluding hydrogens is 282 g/mol. The Morgan fingerprint density at radius 3 is 3.05 bits per heavy atom. The average Bonchev–Trinajstić information content (AvgIpc) is 3.07. The molecule has 3 rings (SSSR count). The number of methoxy groups -OCH3 is 1. The Balaban J connectivity index is 1.90.